The van der Waals surface area contributed by atoms with Crippen molar-refractivity contribution in [2.45, 2.75) is 38.9 Å². The quantitative estimate of drug-likeness (QED) is 0.689. The molecule has 0 saturated heterocycles. The topological polar surface area (TPSA) is 55.1 Å². The van der Waals surface area contributed by atoms with Crippen LogP contribution < -0.4 is 11.1 Å². The predicted octanol–water partition coefficient (Wildman–Crippen LogP) is 1.95. The van der Waals surface area contributed by atoms with Crippen LogP contribution in [-0.2, 0) is 4.79 Å². The van der Waals surface area contributed by atoms with Gasteiger partial charge in [-0.3, -0.25) is 4.79 Å². The van der Waals surface area contributed by atoms with E-state index in [4.69, 9.17) is 18.0 Å². The lowest BCUT2D eigenvalue weighted by Crippen LogP contribution is -2.47. The molecule has 16 heavy (non-hydrogen) atoms. The van der Waals surface area contributed by atoms with Gasteiger partial charge in [0.25, 0.3) is 0 Å². The van der Waals surface area contributed by atoms with Crippen LogP contribution in [0.3, 0.4) is 0 Å². The van der Waals surface area contributed by atoms with Crippen LogP contribution in [0.1, 0.15) is 33.6 Å². The molecule has 5 heteroatoms. The van der Waals surface area contributed by atoms with Crippen LogP contribution in [0.2, 0.25) is 0 Å². The Morgan fingerprint density at radius 3 is 2.56 bits per heavy atom. The van der Waals surface area contributed by atoms with Gasteiger partial charge >= 0.3 is 0 Å². The van der Waals surface area contributed by atoms with Gasteiger partial charge in [-0.2, -0.15) is 11.8 Å². The Morgan fingerprint density at radius 2 is 2.19 bits per heavy atom. The Labute approximate surface area is 108 Å². The first-order chi connectivity index (χ1) is 7.38. The summed E-state index contributed by atoms with van der Waals surface area (Å²) in [5, 5.41) is 3.45. The van der Waals surface area contributed by atoms with Crippen LogP contribution in [0.5, 0.6) is 0 Å². The van der Waals surface area contributed by atoms with E-state index < -0.39 is 5.41 Å². The van der Waals surface area contributed by atoms with Gasteiger partial charge in [-0.25, -0.2) is 0 Å². The molecule has 0 bridgehead atoms. The number of hydrogen-bond donors (Lipinski definition) is 2. The lowest BCUT2D eigenvalue weighted by atomic mass is 9.86. The van der Waals surface area contributed by atoms with E-state index in [0.29, 0.717) is 18.2 Å². The van der Waals surface area contributed by atoms with Crippen molar-refractivity contribution >= 4 is 34.9 Å². The molecule has 0 aromatic carbocycles. The van der Waals surface area contributed by atoms with E-state index in [0.717, 1.165) is 6.42 Å². The van der Waals surface area contributed by atoms with Gasteiger partial charge in [0.05, 0.1) is 10.4 Å². The summed E-state index contributed by atoms with van der Waals surface area (Å²) in [4.78, 5) is 12.2. The second-order valence-electron chi connectivity index (χ2n) is 4.14. The highest BCUT2D eigenvalue weighted by atomic mass is 32.2. The first kappa shape index (κ1) is 15.7. The molecule has 0 aliphatic rings. The number of amides is 1. The van der Waals surface area contributed by atoms with Crippen LogP contribution in [0.4, 0.5) is 0 Å². The summed E-state index contributed by atoms with van der Waals surface area (Å²) in [6, 6.07) is 0. The van der Waals surface area contributed by atoms with Crippen molar-refractivity contribution in [1.82, 2.24) is 5.32 Å². The van der Waals surface area contributed by atoms with Gasteiger partial charge in [-0.05, 0) is 26.0 Å². The summed E-state index contributed by atoms with van der Waals surface area (Å²) in [5.74, 6) is -0.0594. The van der Waals surface area contributed by atoms with Gasteiger partial charge in [0, 0.05) is 11.8 Å². The molecule has 1 amide bonds. The minimum atomic E-state index is -0.710. The largest absolute Gasteiger partial charge is 0.392 e. The van der Waals surface area contributed by atoms with Crippen molar-refractivity contribution in [2.24, 2.45) is 11.1 Å². The molecule has 0 heterocycles. The fourth-order valence-corrected chi connectivity index (χ4v) is 1.74. The SMILES string of the molecule is CCC(C)(C(=O)NCCC(C)SC)C(N)=S. The van der Waals surface area contributed by atoms with E-state index in [1.54, 1.807) is 18.7 Å². The highest BCUT2D eigenvalue weighted by Gasteiger charge is 2.34. The molecule has 3 nitrogen and oxygen atoms in total. The number of hydrogen-bond acceptors (Lipinski definition) is 3. The van der Waals surface area contributed by atoms with E-state index in [9.17, 15) is 4.79 Å². The maximum atomic E-state index is 11.9. The Morgan fingerprint density at radius 1 is 1.62 bits per heavy atom. The van der Waals surface area contributed by atoms with Gasteiger partial charge in [-0.1, -0.05) is 26.1 Å². The Bertz CT molecular complexity index is 258. The summed E-state index contributed by atoms with van der Waals surface area (Å²) in [6.07, 6.45) is 3.66. The zero-order chi connectivity index (χ0) is 12.8. The van der Waals surface area contributed by atoms with E-state index in [1.165, 1.54) is 0 Å². The van der Waals surface area contributed by atoms with Crippen LogP contribution in [0.15, 0.2) is 0 Å². The molecular weight excluding hydrogens is 240 g/mol. The fraction of sp³-hybridized carbons (Fsp3) is 0.818. The number of thiocarbonyl (C=S) groups is 1. The minimum Gasteiger partial charge on any atom is -0.392 e. The normalized spacial score (nSPS) is 16.2. The Balaban J connectivity index is 4.19. The molecule has 94 valence electrons. The molecular formula is C11H22N2OS2. The molecule has 0 aromatic rings. The van der Waals surface area contributed by atoms with Gasteiger partial charge in [0.15, 0.2) is 0 Å². The lowest BCUT2D eigenvalue weighted by molar-refractivity contribution is -0.126. The summed E-state index contributed by atoms with van der Waals surface area (Å²) in [7, 11) is 0. The summed E-state index contributed by atoms with van der Waals surface area (Å²) < 4.78 is 0. The molecule has 0 rings (SSSR count). The molecule has 0 spiro atoms. The summed E-state index contributed by atoms with van der Waals surface area (Å²) in [6.45, 7) is 6.54. The third-order valence-corrected chi connectivity index (χ3v) is 4.48. The highest BCUT2D eigenvalue weighted by Crippen LogP contribution is 2.21. The van der Waals surface area contributed by atoms with Crippen molar-refractivity contribution in [3.8, 4) is 0 Å². The van der Waals surface area contributed by atoms with Gasteiger partial charge < -0.3 is 11.1 Å². The summed E-state index contributed by atoms with van der Waals surface area (Å²) >= 11 is 6.74. The summed E-state index contributed by atoms with van der Waals surface area (Å²) in [5.41, 5.74) is 4.90. The molecule has 0 fully saturated rings. The maximum Gasteiger partial charge on any atom is 0.232 e. The second-order valence-corrected chi connectivity index (χ2v) is 5.86. The van der Waals surface area contributed by atoms with E-state index in [2.05, 4.69) is 18.5 Å². The highest BCUT2D eigenvalue weighted by molar-refractivity contribution is 7.99. The number of nitrogens with one attached hydrogen (secondary N) is 1. The zero-order valence-electron chi connectivity index (χ0n) is 10.5. The Hall–Kier alpha value is -0.290. The standard InChI is InChI=1S/C11H22N2OS2/c1-5-11(3,9(12)15)10(14)13-7-6-8(2)16-4/h8H,5-7H2,1-4H3,(H2,12,15)(H,13,14). The van der Waals surface area contributed by atoms with Gasteiger partial charge in [0.1, 0.15) is 0 Å². The third kappa shape index (κ3) is 4.29. The van der Waals surface area contributed by atoms with Crippen LogP contribution in [0.25, 0.3) is 0 Å². The van der Waals surface area contributed by atoms with E-state index >= 15 is 0 Å². The van der Waals surface area contributed by atoms with Gasteiger partial charge in [-0.15, -0.1) is 0 Å². The molecule has 0 aromatic heterocycles. The first-order valence-corrected chi connectivity index (χ1v) is 7.19. The number of nitrogens with two attached hydrogens (primary N) is 1. The molecule has 2 atom stereocenters. The predicted molar refractivity (Wildman–Crippen MR) is 75.8 cm³/mol. The number of thioether (sulfide) groups is 1. The zero-order valence-corrected chi connectivity index (χ0v) is 12.1. The van der Waals surface area contributed by atoms with Gasteiger partial charge in [0.2, 0.25) is 5.91 Å². The maximum absolute atomic E-state index is 11.9. The fourth-order valence-electron chi connectivity index (χ4n) is 1.15. The van der Waals surface area contributed by atoms with E-state index in [-0.39, 0.29) is 10.9 Å². The van der Waals surface area contributed by atoms with Crippen LogP contribution >= 0.6 is 24.0 Å². The molecule has 2 unspecified atom stereocenters. The monoisotopic (exact) mass is 262 g/mol. The second kappa shape index (κ2) is 7.12. The molecule has 0 radical (unpaired) electrons. The van der Waals surface area contributed by atoms with E-state index in [1.807, 2.05) is 6.92 Å². The lowest BCUT2D eigenvalue weighted by Gasteiger charge is -2.25. The smallest absolute Gasteiger partial charge is 0.232 e. The van der Waals surface area contributed by atoms with Crippen molar-refractivity contribution in [1.29, 1.82) is 0 Å². The number of rotatable bonds is 7. The number of carbonyl (C=O) groups excluding carboxylic acids is 1. The average molecular weight is 262 g/mol. The number of carbonyl (C=O) groups is 1. The third-order valence-electron chi connectivity index (χ3n) is 2.99. The van der Waals surface area contributed by atoms with Crippen LogP contribution in [0, 0.1) is 5.41 Å². The first-order valence-electron chi connectivity index (χ1n) is 5.49. The van der Waals surface area contributed by atoms with Crippen molar-refractivity contribution < 1.29 is 4.79 Å². The molecule has 3 N–H and O–H groups in total. The molecule has 0 saturated carbocycles. The minimum absolute atomic E-state index is 0.0594. The molecule has 0 aliphatic heterocycles. The van der Waals surface area contributed by atoms with Crippen molar-refractivity contribution in [3.05, 3.63) is 0 Å². The Kier molecular flexibility index (Phi) is 6.99. The average Bonchev–Trinajstić information content (AvgIpc) is 2.26. The molecule has 0 aliphatic carbocycles. The van der Waals surface area contributed by atoms with Crippen molar-refractivity contribution in [2.75, 3.05) is 12.8 Å². The van der Waals surface area contributed by atoms with Crippen molar-refractivity contribution in [3.63, 3.8) is 0 Å². The van der Waals surface area contributed by atoms with Crippen LogP contribution in [-0.4, -0.2) is 28.9 Å².